The number of hydrogen-bond donors (Lipinski definition) is 1. The molecule has 1 heterocycles. The Morgan fingerprint density at radius 2 is 1.74 bits per heavy atom. The summed E-state index contributed by atoms with van der Waals surface area (Å²) < 4.78 is 5.38. The van der Waals surface area contributed by atoms with Crippen LogP contribution in [0.3, 0.4) is 0 Å². The maximum Gasteiger partial charge on any atom is 0.0642 e. The highest BCUT2D eigenvalue weighted by Gasteiger charge is 2.11. The standard InChI is InChI=1S/C16H26N2O/c1-13(2)12-14(3)17-15-4-6-16(7-5-15)18-8-10-19-11-9-18/h4-7,13-14,17H,8-12H2,1-3H3. The summed E-state index contributed by atoms with van der Waals surface area (Å²) in [6.45, 7) is 10.4. The van der Waals surface area contributed by atoms with Crippen LogP contribution in [0.25, 0.3) is 0 Å². The van der Waals surface area contributed by atoms with Crippen molar-refractivity contribution in [2.24, 2.45) is 5.92 Å². The molecule has 0 saturated carbocycles. The second-order valence-corrected chi connectivity index (χ2v) is 5.82. The summed E-state index contributed by atoms with van der Waals surface area (Å²) >= 11 is 0. The molecule has 0 spiro atoms. The van der Waals surface area contributed by atoms with Gasteiger partial charge in [-0.05, 0) is 43.5 Å². The Morgan fingerprint density at radius 3 is 2.32 bits per heavy atom. The summed E-state index contributed by atoms with van der Waals surface area (Å²) in [5.74, 6) is 0.732. The van der Waals surface area contributed by atoms with Crippen molar-refractivity contribution < 1.29 is 4.74 Å². The van der Waals surface area contributed by atoms with Crippen molar-refractivity contribution in [1.82, 2.24) is 0 Å². The molecular weight excluding hydrogens is 236 g/mol. The molecule has 3 nitrogen and oxygen atoms in total. The van der Waals surface area contributed by atoms with E-state index >= 15 is 0 Å². The lowest BCUT2D eigenvalue weighted by Crippen LogP contribution is -2.36. The third-order valence-electron chi connectivity index (χ3n) is 3.48. The molecule has 1 aliphatic heterocycles. The molecule has 0 amide bonds. The van der Waals surface area contributed by atoms with Crippen LogP contribution >= 0.6 is 0 Å². The molecule has 2 rings (SSSR count). The highest BCUT2D eigenvalue weighted by Crippen LogP contribution is 2.20. The average Bonchev–Trinajstić information content (AvgIpc) is 2.39. The van der Waals surface area contributed by atoms with Crippen molar-refractivity contribution in [2.75, 3.05) is 36.5 Å². The second kappa shape index (κ2) is 6.80. The first-order valence-corrected chi connectivity index (χ1v) is 7.34. The molecule has 0 aromatic heterocycles. The van der Waals surface area contributed by atoms with E-state index in [2.05, 4.69) is 55.3 Å². The van der Waals surface area contributed by atoms with Crippen LogP contribution in [0.15, 0.2) is 24.3 Å². The van der Waals surface area contributed by atoms with E-state index in [-0.39, 0.29) is 0 Å². The van der Waals surface area contributed by atoms with Crippen molar-refractivity contribution in [2.45, 2.75) is 33.2 Å². The maximum absolute atomic E-state index is 5.38. The highest BCUT2D eigenvalue weighted by molar-refractivity contribution is 5.55. The first kappa shape index (κ1) is 14.2. The zero-order chi connectivity index (χ0) is 13.7. The third kappa shape index (κ3) is 4.43. The topological polar surface area (TPSA) is 24.5 Å². The Labute approximate surface area is 116 Å². The Kier molecular flexibility index (Phi) is 5.08. The van der Waals surface area contributed by atoms with Gasteiger partial charge in [-0.3, -0.25) is 0 Å². The van der Waals surface area contributed by atoms with Crippen LogP contribution < -0.4 is 10.2 Å². The molecule has 0 bridgehead atoms. The number of ether oxygens (including phenoxy) is 1. The first-order chi connectivity index (χ1) is 9.15. The highest BCUT2D eigenvalue weighted by atomic mass is 16.5. The number of benzene rings is 1. The van der Waals surface area contributed by atoms with Gasteiger partial charge in [0, 0.05) is 30.5 Å². The minimum Gasteiger partial charge on any atom is -0.383 e. The van der Waals surface area contributed by atoms with E-state index in [1.165, 1.54) is 17.8 Å². The van der Waals surface area contributed by atoms with Crippen LogP contribution in [0.2, 0.25) is 0 Å². The van der Waals surface area contributed by atoms with E-state index in [4.69, 9.17) is 4.74 Å². The summed E-state index contributed by atoms with van der Waals surface area (Å²) in [5.41, 5.74) is 2.51. The number of anilines is 2. The van der Waals surface area contributed by atoms with E-state index in [1.54, 1.807) is 0 Å². The van der Waals surface area contributed by atoms with Gasteiger partial charge in [0.05, 0.1) is 13.2 Å². The second-order valence-electron chi connectivity index (χ2n) is 5.82. The number of rotatable bonds is 5. The predicted molar refractivity (Wildman–Crippen MR) is 82.0 cm³/mol. The lowest BCUT2D eigenvalue weighted by molar-refractivity contribution is 0.122. The largest absolute Gasteiger partial charge is 0.383 e. The fraction of sp³-hybridized carbons (Fsp3) is 0.625. The molecule has 1 atom stereocenters. The van der Waals surface area contributed by atoms with Gasteiger partial charge in [0.2, 0.25) is 0 Å². The Balaban J connectivity index is 1.90. The minimum atomic E-state index is 0.522. The Bertz CT molecular complexity index is 369. The van der Waals surface area contributed by atoms with E-state index in [0.29, 0.717) is 6.04 Å². The number of hydrogen-bond acceptors (Lipinski definition) is 3. The van der Waals surface area contributed by atoms with Gasteiger partial charge in [0.25, 0.3) is 0 Å². The minimum absolute atomic E-state index is 0.522. The van der Waals surface area contributed by atoms with Gasteiger partial charge in [-0.15, -0.1) is 0 Å². The van der Waals surface area contributed by atoms with Crippen molar-refractivity contribution in [3.05, 3.63) is 24.3 Å². The normalized spacial score (nSPS) is 17.6. The molecule has 1 N–H and O–H groups in total. The molecule has 19 heavy (non-hydrogen) atoms. The fourth-order valence-corrected chi connectivity index (χ4v) is 2.64. The Hall–Kier alpha value is -1.22. The summed E-state index contributed by atoms with van der Waals surface area (Å²) in [6, 6.07) is 9.30. The van der Waals surface area contributed by atoms with E-state index < -0.39 is 0 Å². The molecule has 0 radical (unpaired) electrons. The lowest BCUT2D eigenvalue weighted by atomic mass is 10.1. The number of morpholine rings is 1. The van der Waals surface area contributed by atoms with Gasteiger partial charge in [-0.25, -0.2) is 0 Å². The number of nitrogens with zero attached hydrogens (tertiary/aromatic N) is 1. The van der Waals surface area contributed by atoms with Crippen LogP contribution in [0.4, 0.5) is 11.4 Å². The van der Waals surface area contributed by atoms with Crippen molar-refractivity contribution in [3.63, 3.8) is 0 Å². The molecule has 1 aromatic carbocycles. The van der Waals surface area contributed by atoms with E-state index in [1.807, 2.05) is 0 Å². The quantitative estimate of drug-likeness (QED) is 0.880. The van der Waals surface area contributed by atoms with Crippen molar-refractivity contribution in [3.8, 4) is 0 Å². The van der Waals surface area contributed by atoms with Gasteiger partial charge in [0.1, 0.15) is 0 Å². The van der Waals surface area contributed by atoms with Gasteiger partial charge in [0.15, 0.2) is 0 Å². The molecule has 1 unspecified atom stereocenters. The smallest absolute Gasteiger partial charge is 0.0642 e. The summed E-state index contributed by atoms with van der Waals surface area (Å²) in [7, 11) is 0. The molecular formula is C16H26N2O. The zero-order valence-electron chi connectivity index (χ0n) is 12.4. The van der Waals surface area contributed by atoms with Crippen LogP contribution in [-0.2, 0) is 4.74 Å². The van der Waals surface area contributed by atoms with Crippen LogP contribution in [0.1, 0.15) is 27.2 Å². The Morgan fingerprint density at radius 1 is 1.11 bits per heavy atom. The van der Waals surface area contributed by atoms with Gasteiger partial charge >= 0.3 is 0 Å². The SMILES string of the molecule is CC(C)CC(C)Nc1ccc(N2CCOCC2)cc1. The van der Waals surface area contributed by atoms with Crippen molar-refractivity contribution >= 4 is 11.4 Å². The first-order valence-electron chi connectivity index (χ1n) is 7.34. The van der Waals surface area contributed by atoms with E-state index in [9.17, 15) is 0 Å². The van der Waals surface area contributed by atoms with Crippen molar-refractivity contribution in [1.29, 1.82) is 0 Å². The molecule has 3 heteroatoms. The molecule has 1 aliphatic rings. The molecule has 1 aromatic rings. The van der Waals surface area contributed by atoms with Crippen LogP contribution in [0.5, 0.6) is 0 Å². The summed E-state index contributed by atoms with van der Waals surface area (Å²) in [4.78, 5) is 2.38. The van der Waals surface area contributed by atoms with Gasteiger partial charge in [-0.1, -0.05) is 13.8 Å². The maximum atomic E-state index is 5.38. The number of nitrogens with one attached hydrogen (secondary N) is 1. The lowest BCUT2D eigenvalue weighted by Gasteiger charge is -2.29. The third-order valence-corrected chi connectivity index (χ3v) is 3.48. The molecule has 1 saturated heterocycles. The molecule has 0 aliphatic carbocycles. The molecule has 106 valence electrons. The zero-order valence-corrected chi connectivity index (χ0v) is 12.4. The summed E-state index contributed by atoms with van der Waals surface area (Å²) in [5, 5.41) is 3.56. The van der Waals surface area contributed by atoms with Gasteiger partial charge in [-0.2, -0.15) is 0 Å². The fourth-order valence-electron chi connectivity index (χ4n) is 2.64. The molecule has 1 fully saturated rings. The van der Waals surface area contributed by atoms with Crippen LogP contribution in [-0.4, -0.2) is 32.3 Å². The van der Waals surface area contributed by atoms with Gasteiger partial charge < -0.3 is 15.0 Å². The van der Waals surface area contributed by atoms with Crippen LogP contribution in [0, 0.1) is 5.92 Å². The monoisotopic (exact) mass is 262 g/mol. The average molecular weight is 262 g/mol. The summed E-state index contributed by atoms with van der Waals surface area (Å²) in [6.07, 6.45) is 1.20. The van der Waals surface area contributed by atoms with E-state index in [0.717, 1.165) is 32.2 Å². The predicted octanol–water partition coefficient (Wildman–Crippen LogP) is 3.37.